The molecule has 4 N–H and O–H groups in total. The summed E-state index contributed by atoms with van der Waals surface area (Å²) in [6.07, 6.45) is 3.28. The Morgan fingerprint density at radius 1 is 1.12 bits per heavy atom. The fraction of sp³-hybridized carbons (Fsp3) is 0.0500. The highest BCUT2D eigenvalue weighted by Crippen LogP contribution is 2.18. The van der Waals surface area contributed by atoms with Gasteiger partial charge in [0, 0.05) is 40.5 Å². The molecule has 0 fully saturated rings. The minimum Gasteiger partial charge on any atom is -0.361 e. The third kappa shape index (κ3) is 5.54. The van der Waals surface area contributed by atoms with E-state index in [-0.39, 0.29) is 23.1 Å². The molecule has 3 amide bonds. The number of aromatic amines is 1. The van der Waals surface area contributed by atoms with Gasteiger partial charge in [0.05, 0.1) is 17.6 Å². The molecule has 33 heavy (non-hydrogen) atoms. The van der Waals surface area contributed by atoms with Crippen molar-refractivity contribution in [2.24, 2.45) is 5.10 Å². The van der Waals surface area contributed by atoms with Crippen LogP contribution in [0.1, 0.15) is 10.6 Å². The van der Waals surface area contributed by atoms with Crippen LogP contribution in [0, 0.1) is 10.1 Å². The van der Waals surface area contributed by atoms with Gasteiger partial charge >= 0.3 is 6.03 Å². The molecular formula is C20H16N8O4S. The Labute approximate surface area is 189 Å². The predicted octanol–water partition coefficient (Wildman–Crippen LogP) is 3.26. The molecule has 0 unspecified atom stereocenters. The van der Waals surface area contributed by atoms with Crippen molar-refractivity contribution in [1.29, 1.82) is 0 Å². The molecule has 2 aromatic carbocycles. The summed E-state index contributed by atoms with van der Waals surface area (Å²) in [5.41, 5.74) is 4.53. The van der Waals surface area contributed by atoms with Crippen LogP contribution in [0.4, 0.5) is 21.3 Å². The molecule has 12 nitrogen and oxygen atoms in total. The van der Waals surface area contributed by atoms with E-state index in [9.17, 15) is 19.7 Å². The number of non-ortho nitro benzene ring substituents is 1. The Morgan fingerprint density at radius 3 is 2.70 bits per heavy atom. The molecular weight excluding hydrogens is 448 g/mol. The summed E-state index contributed by atoms with van der Waals surface area (Å²) in [7, 11) is 0. The fourth-order valence-electron chi connectivity index (χ4n) is 2.85. The number of nitro benzene ring substituents is 1. The minimum atomic E-state index is -0.598. The maximum absolute atomic E-state index is 12.1. The van der Waals surface area contributed by atoms with Gasteiger partial charge in [-0.3, -0.25) is 20.2 Å². The number of rotatable bonds is 7. The predicted molar refractivity (Wildman–Crippen MR) is 123 cm³/mol. The van der Waals surface area contributed by atoms with Crippen LogP contribution >= 0.6 is 11.3 Å². The van der Waals surface area contributed by atoms with E-state index in [1.807, 2.05) is 24.3 Å². The molecule has 166 valence electrons. The van der Waals surface area contributed by atoms with E-state index in [1.54, 1.807) is 12.4 Å². The van der Waals surface area contributed by atoms with Gasteiger partial charge in [-0.05, 0) is 18.2 Å². The first-order chi connectivity index (χ1) is 16.0. The van der Waals surface area contributed by atoms with Gasteiger partial charge in [-0.25, -0.2) is 10.2 Å². The number of amides is 3. The third-order valence-electron chi connectivity index (χ3n) is 4.35. The molecule has 0 bridgehead atoms. The minimum absolute atomic E-state index is 0.0610. The Kier molecular flexibility index (Phi) is 6.31. The van der Waals surface area contributed by atoms with Gasteiger partial charge in [-0.2, -0.15) is 5.10 Å². The van der Waals surface area contributed by atoms with Crippen LogP contribution in [0.3, 0.4) is 0 Å². The SMILES string of the molecule is O=C(Cc1nnc(NC(=O)Nc2ccc([N+](=O)[O-])cc2)s1)N/N=C\c1c[nH]c2ccccc12. The number of benzene rings is 2. The van der Waals surface area contributed by atoms with Crippen molar-refractivity contribution in [3.63, 3.8) is 0 Å². The summed E-state index contributed by atoms with van der Waals surface area (Å²) in [6, 6.07) is 12.5. The van der Waals surface area contributed by atoms with Gasteiger partial charge < -0.3 is 10.3 Å². The molecule has 13 heteroatoms. The molecule has 0 saturated heterocycles. The lowest BCUT2D eigenvalue weighted by Gasteiger charge is -2.04. The summed E-state index contributed by atoms with van der Waals surface area (Å²) in [5, 5.41) is 28.9. The highest BCUT2D eigenvalue weighted by Gasteiger charge is 2.12. The highest BCUT2D eigenvalue weighted by molar-refractivity contribution is 7.15. The molecule has 0 aliphatic rings. The van der Waals surface area contributed by atoms with Crippen molar-refractivity contribution in [1.82, 2.24) is 20.6 Å². The molecule has 0 saturated carbocycles. The van der Waals surface area contributed by atoms with E-state index in [0.717, 1.165) is 27.8 Å². The zero-order valence-corrected chi connectivity index (χ0v) is 17.6. The standard InChI is InChI=1S/C20H16N8O4S/c29-17(25-22-11-12-10-21-16-4-2-1-3-15(12)16)9-18-26-27-20(33-18)24-19(30)23-13-5-7-14(8-6-13)28(31)32/h1-8,10-11,21H,9H2,(H,25,29)(H2,23,24,27,30)/b22-11-. The van der Waals surface area contributed by atoms with Crippen molar-refractivity contribution >= 4 is 56.9 Å². The number of nitrogens with one attached hydrogen (secondary N) is 4. The van der Waals surface area contributed by atoms with Crippen molar-refractivity contribution in [2.75, 3.05) is 10.6 Å². The molecule has 4 aromatic rings. The maximum Gasteiger partial charge on any atom is 0.325 e. The van der Waals surface area contributed by atoms with Crippen LogP contribution in [-0.2, 0) is 11.2 Å². The molecule has 2 heterocycles. The second-order valence-corrected chi connectivity index (χ2v) is 7.71. The zero-order valence-electron chi connectivity index (χ0n) is 16.8. The van der Waals surface area contributed by atoms with E-state index < -0.39 is 11.0 Å². The van der Waals surface area contributed by atoms with Crippen LogP contribution < -0.4 is 16.1 Å². The van der Waals surface area contributed by atoms with Crippen LogP contribution in [0.25, 0.3) is 10.9 Å². The molecule has 2 aromatic heterocycles. The van der Waals surface area contributed by atoms with E-state index >= 15 is 0 Å². The number of H-pyrrole nitrogens is 1. The third-order valence-corrected chi connectivity index (χ3v) is 5.19. The number of fused-ring (bicyclic) bond motifs is 1. The largest absolute Gasteiger partial charge is 0.361 e. The second kappa shape index (κ2) is 9.65. The topological polar surface area (TPSA) is 167 Å². The number of hydrazone groups is 1. The first-order valence-corrected chi connectivity index (χ1v) is 10.3. The van der Waals surface area contributed by atoms with Gasteiger partial charge in [0.2, 0.25) is 11.0 Å². The van der Waals surface area contributed by atoms with Gasteiger partial charge in [-0.1, -0.05) is 29.5 Å². The van der Waals surface area contributed by atoms with Gasteiger partial charge in [-0.15, -0.1) is 10.2 Å². The summed E-state index contributed by atoms with van der Waals surface area (Å²) in [4.78, 5) is 37.4. The Morgan fingerprint density at radius 2 is 1.91 bits per heavy atom. The summed E-state index contributed by atoms with van der Waals surface area (Å²) in [6.45, 7) is 0. The molecule has 0 aliphatic carbocycles. The van der Waals surface area contributed by atoms with Gasteiger partial charge in [0.25, 0.3) is 5.69 Å². The molecule has 4 rings (SSSR count). The number of carbonyl (C=O) groups excluding carboxylic acids is 2. The van der Waals surface area contributed by atoms with E-state index in [0.29, 0.717) is 10.7 Å². The Balaban J connectivity index is 1.26. The summed E-state index contributed by atoms with van der Waals surface area (Å²) >= 11 is 1.04. The number of aromatic nitrogens is 3. The van der Waals surface area contributed by atoms with Crippen molar-refractivity contribution in [3.8, 4) is 0 Å². The fourth-order valence-corrected chi connectivity index (χ4v) is 3.59. The smallest absolute Gasteiger partial charge is 0.325 e. The quantitative estimate of drug-likeness (QED) is 0.186. The molecule has 0 aliphatic heterocycles. The lowest BCUT2D eigenvalue weighted by molar-refractivity contribution is -0.384. The number of urea groups is 1. The second-order valence-electron chi connectivity index (χ2n) is 6.64. The number of hydrogen-bond donors (Lipinski definition) is 4. The zero-order chi connectivity index (χ0) is 23.2. The Bertz CT molecular complexity index is 1350. The molecule has 0 spiro atoms. The average Bonchev–Trinajstić information content (AvgIpc) is 3.41. The average molecular weight is 464 g/mol. The van der Waals surface area contributed by atoms with Crippen molar-refractivity contribution in [2.45, 2.75) is 6.42 Å². The number of carbonyl (C=O) groups is 2. The number of hydrogen-bond acceptors (Lipinski definition) is 8. The number of nitro groups is 1. The first-order valence-electron chi connectivity index (χ1n) is 9.51. The number of anilines is 2. The van der Waals surface area contributed by atoms with Crippen LogP contribution in [0.2, 0.25) is 0 Å². The maximum atomic E-state index is 12.1. The van der Waals surface area contributed by atoms with Crippen LogP contribution in [0.15, 0.2) is 59.8 Å². The monoisotopic (exact) mass is 464 g/mol. The van der Waals surface area contributed by atoms with Crippen LogP contribution in [-0.4, -0.2) is 38.3 Å². The van der Waals surface area contributed by atoms with Crippen LogP contribution in [0.5, 0.6) is 0 Å². The van der Waals surface area contributed by atoms with Gasteiger partial charge in [0.15, 0.2) is 0 Å². The van der Waals surface area contributed by atoms with Crippen molar-refractivity contribution < 1.29 is 14.5 Å². The molecule has 0 atom stereocenters. The normalized spacial score (nSPS) is 10.9. The van der Waals surface area contributed by atoms with E-state index in [4.69, 9.17) is 0 Å². The van der Waals surface area contributed by atoms with E-state index in [1.165, 1.54) is 24.3 Å². The first kappa shape index (κ1) is 21.6. The van der Waals surface area contributed by atoms with E-state index in [2.05, 4.69) is 36.3 Å². The lowest BCUT2D eigenvalue weighted by Crippen LogP contribution is -2.19. The Hall–Kier alpha value is -4.65. The number of para-hydroxylation sites is 1. The van der Waals surface area contributed by atoms with Gasteiger partial charge in [0.1, 0.15) is 5.01 Å². The summed E-state index contributed by atoms with van der Waals surface area (Å²) < 4.78 is 0. The lowest BCUT2D eigenvalue weighted by atomic mass is 10.2. The highest BCUT2D eigenvalue weighted by atomic mass is 32.1. The summed E-state index contributed by atoms with van der Waals surface area (Å²) in [5.74, 6) is -0.385. The number of nitrogens with zero attached hydrogens (tertiary/aromatic N) is 4. The van der Waals surface area contributed by atoms with Crippen molar-refractivity contribution in [3.05, 3.63) is 75.4 Å². The molecule has 0 radical (unpaired) electrons.